The fraction of sp³-hybridized carbons (Fsp3) is 0.625. The highest BCUT2D eigenvalue weighted by molar-refractivity contribution is 5.06. The highest BCUT2D eigenvalue weighted by Gasteiger charge is 1.96. The number of rotatable bonds is 8. The predicted molar refractivity (Wildman–Crippen MR) is 75.7 cm³/mol. The van der Waals surface area contributed by atoms with Gasteiger partial charge in [-0.25, -0.2) is 0 Å². The SMILES string of the molecule is C=CC/C(=C/C)CCCCCC(C)=C(C)C. The molecule has 0 amide bonds. The van der Waals surface area contributed by atoms with Gasteiger partial charge in [0.25, 0.3) is 0 Å². The van der Waals surface area contributed by atoms with E-state index in [4.69, 9.17) is 0 Å². The van der Waals surface area contributed by atoms with E-state index in [-0.39, 0.29) is 0 Å². The Morgan fingerprint density at radius 1 is 1.00 bits per heavy atom. The largest absolute Gasteiger partial charge is 0.103 e. The molecule has 0 saturated carbocycles. The van der Waals surface area contributed by atoms with E-state index in [2.05, 4.69) is 40.3 Å². The molecule has 0 bridgehead atoms. The Bertz CT molecular complexity index is 249. The molecule has 16 heavy (non-hydrogen) atoms. The smallest absolute Gasteiger partial charge is 0.0142 e. The van der Waals surface area contributed by atoms with Crippen LogP contribution in [0.1, 0.15) is 66.2 Å². The molecule has 0 aromatic rings. The van der Waals surface area contributed by atoms with Crippen LogP contribution in [0.25, 0.3) is 0 Å². The fourth-order valence-corrected chi connectivity index (χ4v) is 1.72. The molecule has 0 radical (unpaired) electrons. The van der Waals surface area contributed by atoms with Crippen LogP contribution in [0.5, 0.6) is 0 Å². The number of allylic oxidation sites excluding steroid dienone is 5. The maximum absolute atomic E-state index is 3.79. The second-order valence-corrected chi connectivity index (χ2v) is 4.78. The zero-order valence-corrected chi connectivity index (χ0v) is 11.6. The molecule has 0 heteroatoms. The summed E-state index contributed by atoms with van der Waals surface area (Å²) >= 11 is 0. The van der Waals surface area contributed by atoms with Gasteiger partial charge in [-0.2, -0.15) is 0 Å². The van der Waals surface area contributed by atoms with E-state index in [1.807, 2.05) is 6.08 Å². The van der Waals surface area contributed by atoms with Gasteiger partial charge in [0.15, 0.2) is 0 Å². The van der Waals surface area contributed by atoms with Crippen LogP contribution < -0.4 is 0 Å². The van der Waals surface area contributed by atoms with Crippen LogP contribution in [0.4, 0.5) is 0 Å². The topological polar surface area (TPSA) is 0 Å². The summed E-state index contributed by atoms with van der Waals surface area (Å²) in [7, 11) is 0. The zero-order valence-electron chi connectivity index (χ0n) is 11.6. The van der Waals surface area contributed by atoms with Gasteiger partial charge in [0, 0.05) is 0 Å². The number of unbranched alkanes of at least 4 members (excludes halogenated alkanes) is 2. The van der Waals surface area contributed by atoms with Crippen molar-refractivity contribution in [2.45, 2.75) is 66.2 Å². The van der Waals surface area contributed by atoms with E-state index >= 15 is 0 Å². The summed E-state index contributed by atoms with van der Waals surface area (Å²) in [5, 5.41) is 0. The molecule has 0 aliphatic carbocycles. The molecule has 0 aliphatic heterocycles. The Balaban J connectivity index is 3.61. The van der Waals surface area contributed by atoms with Crippen molar-refractivity contribution in [2.24, 2.45) is 0 Å². The van der Waals surface area contributed by atoms with Crippen molar-refractivity contribution in [2.75, 3.05) is 0 Å². The third-order valence-electron chi connectivity index (χ3n) is 3.22. The van der Waals surface area contributed by atoms with Crippen molar-refractivity contribution >= 4 is 0 Å². The summed E-state index contributed by atoms with van der Waals surface area (Å²) in [5.41, 5.74) is 4.59. The maximum Gasteiger partial charge on any atom is -0.0142 e. The third kappa shape index (κ3) is 7.50. The van der Waals surface area contributed by atoms with Gasteiger partial charge in [-0.1, -0.05) is 35.3 Å². The van der Waals surface area contributed by atoms with Crippen molar-refractivity contribution in [3.05, 3.63) is 35.5 Å². The summed E-state index contributed by atoms with van der Waals surface area (Å²) in [5.74, 6) is 0. The lowest BCUT2D eigenvalue weighted by Gasteiger charge is -2.06. The van der Waals surface area contributed by atoms with Gasteiger partial charge in [-0.05, 0) is 59.8 Å². The van der Waals surface area contributed by atoms with Crippen molar-refractivity contribution in [3.63, 3.8) is 0 Å². The summed E-state index contributed by atoms with van der Waals surface area (Å²) in [6.45, 7) is 12.6. The molecule has 0 atom stereocenters. The number of hydrogen-bond donors (Lipinski definition) is 0. The minimum atomic E-state index is 1.06. The quantitative estimate of drug-likeness (QED) is 0.357. The molecule has 0 saturated heterocycles. The van der Waals surface area contributed by atoms with Crippen LogP contribution in [0, 0.1) is 0 Å². The Morgan fingerprint density at radius 3 is 2.12 bits per heavy atom. The summed E-state index contributed by atoms with van der Waals surface area (Å²) < 4.78 is 0. The summed E-state index contributed by atoms with van der Waals surface area (Å²) in [6.07, 6.45) is 11.8. The lowest BCUT2D eigenvalue weighted by molar-refractivity contribution is 0.666. The Morgan fingerprint density at radius 2 is 1.62 bits per heavy atom. The highest BCUT2D eigenvalue weighted by Crippen LogP contribution is 2.16. The minimum Gasteiger partial charge on any atom is -0.103 e. The van der Waals surface area contributed by atoms with Crippen molar-refractivity contribution < 1.29 is 0 Å². The number of hydrogen-bond acceptors (Lipinski definition) is 0. The van der Waals surface area contributed by atoms with Gasteiger partial charge < -0.3 is 0 Å². The van der Waals surface area contributed by atoms with E-state index in [0.29, 0.717) is 0 Å². The van der Waals surface area contributed by atoms with Gasteiger partial charge in [0.2, 0.25) is 0 Å². The van der Waals surface area contributed by atoms with Crippen LogP contribution in [-0.4, -0.2) is 0 Å². The van der Waals surface area contributed by atoms with Gasteiger partial charge in [0.1, 0.15) is 0 Å². The zero-order chi connectivity index (χ0) is 12.4. The van der Waals surface area contributed by atoms with Gasteiger partial charge in [0.05, 0.1) is 0 Å². The van der Waals surface area contributed by atoms with Crippen LogP contribution in [0.2, 0.25) is 0 Å². The van der Waals surface area contributed by atoms with E-state index in [1.165, 1.54) is 43.3 Å². The van der Waals surface area contributed by atoms with Crippen LogP contribution in [0.15, 0.2) is 35.5 Å². The average Bonchev–Trinajstić information content (AvgIpc) is 2.26. The molecule has 0 nitrogen and oxygen atoms in total. The first-order chi connectivity index (χ1) is 7.61. The first-order valence-electron chi connectivity index (χ1n) is 6.49. The molecule has 0 unspecified atom stereocenters. The molecule has 0 spiro atoms. The molecular weight excluding hydrogens is 192 g/mol. The van der Waals surface area contributed by atoms with Gasteiger partial charge in [-0.15, -0.1) is 6.58 Å². The monoisotopic (exact) mass is 220 g/mol. The Hall–Kier alpha value is -0.780. The Kier molecular flexibility index (Phi) is 8.99. The van der Waals surface area contributed by atoms with Crippen molar-refractivity contribution in [3.8, 4) is 0 Å². The second-order valence-electron chi connectivity index (χ2n) is 4.78. The lowest BCUT2D eigenvalue weighted by atomic mass is 10.0. The minimum absolute atomic E-state index is 1.06. The van der Waals surface area contributed by atoms with Gasteiger partial charge >= 0.3 is 0 Å². The normalized spacial score (nSPS) is 11.4. The van der Waals surface area contributed by atoms with Crippen LogP contribution >= 0.6 is 0 Å². The molecule has 0 aliphatic rings. The first kappa shape index (κ1) is 15.2. The van der Waals surface area contributed by atoms with Crippen molar-refractivity contribution in [1.82, 2.24) is 0 Å². The summed E-state index contributed by atoms with van der Waals surface area (Å²) in [6, 6.07) is 0. The van der Waals surface area contributed by atoms with Crippen LogP contribution in [-0.2, 0) is 0 Å². The predicted octanol–water partition coefficient (Wildman–Crippen LogP) is 5.82. The molecule has 0 heterocycles. The third-order valence-corrected chi connectivity index (χ3v) is 3.22. The first-order valence-corrected chi connectivity index (χ1v) is 6.49. The molecular formula is C16H28. The van der Waals surface area contributed by atoms with Gasteiger partial charge in [-0.3, -0.25) is 0 Å². The molecule has 92 valence electrons. The van der Waals surface area contributed by atoms with E-state index in [0.717, 1.165) is 6.42 Å². The highest BCUT2D eigenvalue weighted by atomic mass is 14.0. The van der Waals surface area contributed by atoms with E-state index in [9.17, 15) is 0 Å². The summed E-state index contributed by atoms with van der Waals surface area (Å²) in [4.78, 5) is 0. The van der Waals surface area contributed by atoms with Crippen LogP contribution in [0.3, 0.4) is 0 Å². The second kappa shape index (κ2) is 9.45. The van der Waals surface area contributed by atoms with E-state index < -0.39 is 0 Å². The fourth-order valence-electron chi connectivity index (χ4n) is 1.72. The molecule has 0 rings (SSSR count). The Labute approximate surface area is 102 Å². The standard InChI is InChI=1S/C16H28/c1-6-11-16(7-2)13-10-8-9-12-15(5)14(3)4/h6-7H,1,8-13H2,2-5H3/b16-7-. The van der Waals surface area contributed by atoms with E-state index in [1.54, 1.807) is 5.57 Å². The molecule has 0 aromatic heterocycles. The molecule has 0 fully saturated rings. The molecule has 0 N–H and O–H groups in total. The maximum atomic E-state index is 3.79. The van der Waals surface area contributed by atoms with Crippen molar-refractivity contribution in [1.29, 1.82) is 0 Å². The molecule has 0 aromatic carbocycles. The average molecular weight is 220 g/mol. The lowest BCUT2D eigenvalue weighted by Crippen LogP contribution is -1.86.